The predicted octanol–water partition coefficient (Wildman–Crippen LogP) is 2.21. The number of amides is 2. The van der Waals surface area contributed by atoms with Gasteiger partial charge in [0.1, 0.15) is 5.71 Å². The van der Waals surface area contributed by atoms with Crippen LogP contribution in [0.15, 0.2) is 41.4 Å². The van der Waals surface area contributed by atoms with Gasteiger partial charge < -0.3 is 24.8 Å². The number of hydrazine groups is 1. The summed E-state index contributed by atoms with van der Waals surface area (Å²) in [5.41, 5.74) is -0.662. The standard InChI is InChI=1S/C25H31F3N6O5/c1-31-13-19(15-5-7-16(8-6-15)25(26,27)28)33-24(36)18(29)14-34(30)12-11-32-23(35)17-9-10-20(37-2)22(39-4)21(17)38-3/h5-10,13,19,29H,11-12,14,30H2,1-4H3,(H,32,35)(H,33,36). The lowest BCUT2D eigenvalue weighted by Crippen LogP contribution is -2.46. The summed E-state index contributed by atoms with van der Waals surface area (Å²) in [6.45, 7) is -0.0848. The van der Waals surface area contributed by atoms with E-state index in [1.165, 1.54) is 52.8 Å². The van der Waals surface area contributed by atoms with Crippen molar-refractivity contribution in [3.05, 3.63) is 53.1 Å². The number of aliphatic imine (C=N–C) groups is 1. The van der Waals surface area contributed by atoms with Crippen molar-refractivity contribution in [2.75, 3.05) is 48.0 Å². The highest BCUT2D eigenvalue weighted by atomic mass is 19.4. The molecule has 2 aromatic carbocycles. The van der Waals surface area contributed by atoms with E-state index in [9.17, 15) is 22.8 Å². The Morgan fingerprint density at radius 2 is 1.72 bits per heavy atom. The van der Waals surface area contributed by atoms with E-state index in [-0.39, 0.29) is 36.7 Å². The molecule has 0 bridgehead atoms. The largest absolute Gasteiger partial charge is 0.493 e. The summed E-state index contributed by atoms with van der Waals surface area (Å²) in [6.07, 6.45) is -3.15. The molecule has 1 unspecified atom stereocenters. The molecule has 39 heavy (non-hydrogen) atoms. The third kappa shape index (κ3) is 8.41. The highest BCUT2D eigenvalue weighted by Gasteiger charge is 2.30. The lowest BCUT2D eigenvalue weighted by Gasteiger charge is -2.20. The first-order chi connectivity index (χ1) is 18.5. The van der Waals surface area contributed by atoms with Gasteiger partial charge in [0, 0.05) is 26.4 Å². The van der Waals surface area contributed by atoms with Crippen molar-refractivity contribution in [2.45, 2.75) is 12.2 Å². The summed E-state index contributed by atoms with van der Waals surface area (Å²) in [5.74, 6) is 5.49. The van der Waals surface area contributed by atoms with E-state index >= 15 is 0 Å². The highest BCUT2D eigenvalue weighted by Crippen LogP contribution is 2.39. The average molecular weight is 553 g/mol. The van der Waals surface area contributed by atoms with Crippen LogP contribution < -0.4 is 30.7 Å². The smallest absolute Gasteiger partial charge is 0.416 e. The molecule has 0 aromatic heterocycles. The number of halogens is 3. The van der Waals surface area contributed by atoms with Gasteiger partial charge in [-0.15, -0.1) is 0 Å². The SMILES string of the molecule is CN=CC(NC(=O)C(=N)CN(N)CCNC(=O)c1ccc(OC)c(OC)c1OC)c1ccc(C(F)(F)F)cc1. The van der Waals surface area contributed by atoms with Crippen LogP contribution >= 0.6 is 0 Å². The molecule has 0 heterocycles. The molecule has 0 spiro atoms. The van der Waals surface area contributed by atoms with Crippen molar-refractivity contribution in [2.24, 2.45) is 10.8 Å². The Hall–Kier alpha value is -4.17. The molecule has 5 N–H and O–H groups in total. The minimum Gasteiger partial charge on any atom is -0.493 e. The number of benzene rings is 2. The molecule has 2 aromatic rings. The third-order valence-electron chi connectivity index (χ3n) is 5.45. The lowest BCUT2D eigenvalue weighted by atomic mass is 10.0. The van der Waals surface area contributed by atoms with E-state index in [1.807, 2.05) is 0 Å². The van der Waals surface area contributed by atoms with E-state index < -0.39 is 35.3 Å². The fraction of sp³-hybridized carbons (Fsp3) is 0.360. The zero-order valence-corrected chi connectivity index (χ0v) is 21.9. The van der Waals surface area contributed by atoms with Crippen LogP contribution in [0.3, 0.4) is 0 Å². The van der Waals surface area contributed by atoms with Crippen molar-refractivity contribution < 1.29 is 37.0 Å². The van der Waals surface area contributed by atoms with Gasteiger partial charge in [0.05, 0.1) is 45.0 Å². The Balaban J connectivity index is 1.93. The zero-order valence-electron chi connectivity index (χ0n) is 21.9. The minimum atomic E-state index is -4.49. The van der Waals surface area contributed by atoms with Gasteiger partial charge in [0.15, 0.2) is 11.5 Å². The predicted molar refractivity (Wildman–Crippen MR) is 139 cm³/mol. The van der Waals surface area contributed by atoms with Crippen molar-refractivity contribution >= 4 is 23.7 Å². The Kier molecular flexibility index (Phi) is 11.2. The first-order valence-electron chi connectivity index (χ1n) is 11.5. The first kappa shape index (κ1) is 31.1. The Labute approximate surface area is 223 Å². The number of nitrogens with zero attached hydrogens (tertiary/aromatic N) is 2. The molecule has 212 valence electrons. The number of alkyl halides is 3. The number of rotatable bonds is 13. The molecule has 0 saturated carbocycles. The number of nitrogens with two attached hydrogens (primary N) is 1. The van der Waals surface area contributed by atoms with Crippen molar-refractivity contribution in [1.29, 1.82) is 5.41 Å². The molecule has 11 nitrogen and oxygen atoms in total. The van der Waals surface area contributed by atoms with Gasteiger partial charge in [-0.05, 0) is 29.8 Å². The molecule has 0 aliphatic heterocycles. The molecule has 0 aliphatic carbocycles. The van der Waals surface area contributed by atoms with Crippen LogP contribution in [-0.2, 0) is 11.0 Å². The Morgan fingerprint density at radius 1 is 1.08 bits per heavy atom. The van der Waals surface area contributed by atoms with E-state index in [4.69, 9.17) is 25.5 Å². The van der Waals surface area contributed by atoms with Gasteiger partial charge in [-0.1, -0.05) is 12.1 Å². The van der Waals surface area contributed by atoms with Crippen LogP contribution in [0.2, 0.25) is 0 Å². The van der Waals surface area contributed by atoms with Gasteiger partial charge in [0.2, 0.25) is 5.75 Å². The second-order valence-corrected chi connectivity index (χ2v) is 8.06. The quantitative estimate of drug-likeness (QED) is 0.169. The van der Waals surface area contributed by atoms with Crippen LogP contribution in [0.25, 0.3) is 0 Å². The molecule has 2 rings (SSSR count). The number of carbonyl (C=O) groups is 2. The molecule has 0 fully saturated rings. The number of hydrogen-bond donors (Lipinski definition) is 4. The number of methoxy groups -OCH3 is 3. The van der Waals surface area contributed by atoms with Gasteiger partial charge >= 0.3 is 6.18 Å². The summed E-state index contributed by atoms with van der Waals surface area (Å²) < 4.78 is 54.3. The topological polar surface area (TPSA) is 151 Å². The van der Waals surface area contributed by atoms with Crippen LogP contribution in [0.1, 0.15) is 27.5 Å². The number of ether oxygens (including phenoxy) is 3. The number of nitrogens with one attached hydrogen (secondary N) is 3. The lowest BCUT2D eigenvalue weighted by molar-refractivity contribution is -0.137. The van der Waals surface area contributed by atoms with E-state index in [0.29, 0.717) is 11.3 Å². The Morgan fingerprint density at radius 3 is 2.26 bits per heavy atom. The van der Waals surface area contributed by atoms with Crippen LogP contribution in [0.5, 0.6) is 17.2 Å². The number of carbonyl (C=O) groups excluding carboxylic acids is 2. The van der Waals surface area contributed by atoms with Gasteiger partial charge in [-0.2, -0.15) is 13.2 Å². The molecular formula is C25H31F3N6O5. The molecule has 1 atom stereocenters. The molecule has 2 amide bonds. The summed E-state index contributed by atoms with van der Waals surface area (Å²) in [6, 6.07) is 6.48. The fourth-order valence-electron chi connectivity index (χ4n) is 3.51. The first-order valence-corrected chi connectivity index (χ1v) is 11.5. The molecular weight excluding hydrogens is 521 g/mol. The normalized spacial score (nSPS) is 12.2. The summed E-state index contributed by atoms with van der Waals surface area (Å²) in [4.78, 5) is 29.1. The molecule has 14 heteroatoms. The molecule has 0 aliphatic rings. The summed E-state index contributed by atoms with van der Waals surface area (Å²) >= 11 is 0. The van der Waals surface area contributed by atoms with E-state index in [1.54, 1.807) is 6.07 Å². The highest BCUT2D eigenvalue weighted by molar-refractivity contribution is 6.38. The number of hydrogen-bond acceptors (Lipinski definition) is 9. The van der Waals surface area contributed by atoms with E-state index in [2.05, 4.69) is 15.6 Å². The van der Waals surface area contributed by atoms with Crippen LogP contribution in [0, 0.1) is 5.41 Å². The minimum absolute atomic E-state index is 0.0817. The van der Waals surface area contributed by atoms with Crippen molar-refractivity contribution in [3.63, 3.8) is 0 Å². The maximum atomic E-state index is 12.8. The fourth-order valence-corrected chi connectivity index (χ4v) is 3.51. The zero-order chi connectivity index (χ0) is 29.2. The van der Waals surface area contributed by atoms with E-state index in [0.717, 1.165) is 17.1 Å². The van der Waals surface area contributed by atoms with Gasteiger partial charge in [0.25, 0.3) is 11.8 Å². The molecule has 0 radical (unpaired) electrons. The second kappa shape index (κ2) is 14.1. The molecule has 0 saturated heterocycles. The van der Waals surface area contributed by atoms with Crippen molar-refractivity contribution in [1.82, 2.24) is 15.6 Å². The van der Waals surface area contributed by atoms with Crippen molar-refractivity contribution in [3.8, 4) is 17.2 Å². The summed E-state index contributed by atoms with van der Waals surface area (Å²) in [5, 5.41) is 14.4. The van der Waals surface area contributed by atoms with Gasteiger partial charge in [-0.25, -0.2) is 5.01 Å². The maximum absolute atomic E-state index is 12.8. The average Bonchev–Trinajstić information content (AvgIpc) is 2.91. The van der Waals surface area contributed by atoms with Crippen LogP contribution in [-0.4, -0.2) is 76.8 Å². The summed E-state index contributed by atoms with van der Waals surface area (Å²) in [7, 11) is 5.71. The monoisotopic (exact) mass is 552 g/mol. The maximum Gasteiger partial charge on any atom is 0.416 e. The second-order valence-electron chi connectivity index (χ2n) is 8.06. The van der Waals surface area contributed by atoms with Crippen LogP contribution in [0.4, 0.5) is 13.2 Å². The Bertz CT molecular complexity index is 1190. The van der Waals surface area contributed by atoms with Gasteiger partial charge in [-0.3, -0.25) is 25.8 Å². The third-order valence-corrected chi connectivity index (χ3v) is 5.45.